The van der Waals surface area contributed by atoms with Gasteiger partial charge in [-0.05, 0) is 31.3 Å². The van der Waals surface area contributed by atoms with Crippen molar-refractivity contribution in [3.8, 4) is 0 Å². The van der Waals surface area contributed by atoms with Gasteiger partial charge in [-0.1, -0.05) is 19.9 Å². The summed E-state index contributed by atoms with van der Waals surface area (Å²) in [5, 5.41) is 4.91. The molecule has 0 aliphatic carbocycles. The third-order valence-electron chi connectivity index (χ3n) is 4.14. The second-order valence-corrected chi connectivity index (χ2v) is 6.52. The lowest BCUT2D eigenvalue weighted by Crippen LogP contribution is -2.28. The molecule has 23 heavy (non-hydrogen) atoms. The Morgan fingerprint density at radius 2 is 2.00 bits per heavy atom. The molecular weight excluding hydrogens is 306 g/mol. The van der Waals surface area contributed by atoms with Gasteiger partial charge in [0.1, 0.15) is 0 Å². The van der Waals surface area contributed by atoms with Gasteiger partial charge in [-0.15, -0.1) is 11.3 Å². The van der Waals surface area contributed by atoms with Crippen LogP contribution in [0.5, 0.6) is 0 Å². The molecule has 2 aromatic heterocycles. The number of likely N-dealkylation sites (N-methyl/N-ethyl adjacent to an activating group) is 1. The van der Waals surface area contributed by atoms with Gasteiger partial charge in [-0.3, -0.25) is 9.78 Å². The van der Waals surface area contributed by atoms with Crippen molar-refractivity contribution in [3.05, 3.63) is 46.9 Å². The Kier molecular flexibility index (Phi) is 4.88. The van der Waals surface area contributed by atoms with Crippen LogP contribution in [0.2, 0.25) is 0 Å². The molecule has 2 heterocycles. The first kappa shape index (κ1) is 15.9. The third kappa shape index (κ3) is 3.21. The highest BCUT2D eigenvalue weighted by molar-refractivity contribution is 7.24. The topological polar surface area (TPSA) is 45.2 Å². The second kappa shape index (κ2) is 7.06. The molecule has 0 radical (unpaired) electrons. The van der Waals surface area contributed by atoms with Gasteiger partial charge in [0.25, 0.3) is 0 Å². The van der Waals surface area contributed by atoms with Crippen molar-refractivity contribution in [2.45, 2.75) is 13.8 Å². The number of aromatic nitrogens is 1. The van der Waals surface area contributed by atoms with E-state index in [-0.39, 0.29) is 5.43 Å². The number of nitrogens with one attached hydrogen (secondary N) is 1. The first-order valence-electron chi connectivity index (χ1n) is 8.00. The standard InChI is InChI=1S/C18H21N3OS/c1-3-21(4-2)11-10-20-14-6-5-7-16-17(14)18(22)13-12-19-9-8-15(13)23-16/h5-9,12,20H,3-4,10-11H2,1-2H3. The summed E-state index contributed by atoms with van der Waals surface area (Å²) >= 11 is 1.64. The van der Waals surface area contributed by atoms with Crippen LogP contribution in [0.4, 0.5) is 5.69 Å². The zero-order valence-corrected chi connectivity index (χ0v) is 14.3. The van der Waals surface area contributed by atoms with Crippen LogP contribution in [0.25, 0.3) is 20.2 Å². The Bertz CT molecular complexity index is 871. The Balaban J connectivity index is 1.98. The van der Waals surface area contributed by atoms with Crippen molar-refractivity contribution in [2.75, 3.05) is 31.5 Å². The molecule has 0 unspecified atom stereocenters. The molecule has 0 saturated heterocycles. The van der Waals surface area contributed by atoms with Crippen molar-refractivity contribution in [1.29, 1.82) is 0 Å². The molecule has 0 aliphatic rings. The Morgan fingerprint density at radius 1 is 1.17 bits per heavy atom. The van der Waals surface area contributed by atoms with Gasteiger partial charge in [0, 0.05) is 40.6 Å². The van der Waals surface area contributed by atoms with Crippen molar-refractivity contribution in [1.82, 2.24) is 9.88 Å². The molecule has 120 valence electrons. The predicted molar refractivity (Wildman–Crippen MR) is 99.7 cm³/mol. The lowest BCUT2D eigenvalue weighted by molar-refractivity contribution is 0.316. The highest BCUT2D eigenvalue weighted by Gasteiger charge is 2.10. The van der Waals surface area contributed by atoms with Crippen molar-refractivity contribution >= 4 is 37.2 Å². The smallest absolute Gasteiger partial charge is 0.199 e. The average Bonchev–Trinajstić information content (AvgIpc) is 2.59. The van der Waals surface area contributed by atoms with E-state index in [1.807, 2.05) is 24.3 Å². The van der Waals surface area contributed by atoms with Crippen LogP contribution in [0, 0.1) is 0 Å². The summed E-state index contributed by atoms with van der Waals surface area (Å²) in [7, 11) is 0. The van der Waals surface area contributed by atoms with Crippen LogP contribution in [0.3, 0.4) is 0 Å². The van der Waals surface area contributed by atoms with E-state index in [2.05, 4.69) is 29.0 Å². The maximum Gasteiger partial charge on any atom is 0.199 e. The minimum Gasteiger partial charge on any atom is -0.383 e. The molecule has 1 N–H and O–H groups in total. The molecule has 1 aromatic carbocycles. The SMILES string of the molecule is CCN(CC)CCNc1cccc2sc3ccncc3c(=O)c12. The van der Waals surface area contributed by atoms with Crippen LogP contribution >= 0.6 is 11.3 Å². The molecule has 0 spiro atoms. The van der Waals surface area contributed by atoms with Crippen LogP contribution in [-0.2, 0) is 0 Å². The van der Waals surface area contributed by atoms with E-state index >= 15 is 0 Å². The Morgan fingerprint density at radius 3 is 2.78 bits per heavy atom. The number of fused-ring (bicyclic) bond motifs is 2. The fourth-order valence-electron chi connectivity index (χ4n) is 2.78. The molecule has 0 amide bonds. The number of anilines is 1. The van der Waals surface area contributed by atoms with Gasteiger partial charge in [-0.2, -0.15) is 0 Å². The largest absolute Gasteiger partial charge is 0.383 e. The second-order valence-electron chi connectivity index (χ2n) is 5.44. The van der Waals surface area contributed by atoms with Crippen molar-refractivity contribution in [3.63, 3.8) is 0 Å². The van der Waals surface area contributed by atoms with Crippen LogP contribution in [-0.4, -0.2) is 36.1 Å². The van der Waals surface area contributed by atoms with E-state index < -0.39 is 0 Å². The third-order valence-corrected chi connectivity index (χ3v) is 5.27. The Labute approximate surface area is 139 Å². The predicted octanol–water partition coefficient (Wildman–Crippen LogP) is 3.56. The van der Waals surface area contributed by atoms with E-state index in [1.165, 1.54) is 0 Å². The summed E-state index contributed by atoms with van der Waals surface area (Å²) in [4.78, 5) is 19.3. The van der Waals surface area contributed by atoms with Gasteiger partial charge in [0.2, 0.25) is 0 Å². The van der Waals surface area contributed by atoms with Gasteiger partial charge in [0.05, 0.1) is 10.8 Å². The fraction of sp³-hybridized carbons (Fsp3) is 0.333. The van der Waals surface area contributed by atoms with Gasteiger partial charge >= 0.3 is 0 Å². The number of benzene rings is 1. The van der Waals surface area contributed by atoms with E-state index in [9.17, 15) is 4.79 Å². The summed E-state index contributed by atoms with van der Waals surface area (Å²) in [6.45, 7) is 8.21. The molecule has 4 nitrogen and oxygen atoms in total. The molecule has 3 aromatic rings. The molecule has 0 fully saturated rings. The number of pyridine rings is 1. The van der Waals surface area contributed by atoms with E-state index in [0.717, 1.165) is 46.7 Å². The number of hydrogen-bond donors (Lipinski definition) is 1. The quantitative estimate of drug-likeness (QED) is 0.703. The van der Waals surface area contributed by atoms with E-state index in [4.69, 9.17) is 0 Å². The van der Waals surface area contributed by atoms with Crippen LogP contribution in [0.1, 0.15) is 13.8 Å². The Hall–Kier alpha value is -1.98. The summed E-state index contributed by atoms with van der Waals surface area (Å²) < 4.78 is 2.00. The highest BCUT2D eigenvalue weighted by atomic mass is 32.1. The van der Waals surface area contributed by atoms with Crippen molar-refractivity contribution in [2.24, 2.45) is 0 Å². The molecular formula is C18H21N3OS. The van der Waals surface area contributed by atoms with Crippen molar-refractivity contribution < 1.29 is 0 Å². The monoisotopic (exact) mass is 327 g/mol. The molecule has 0 bridgehead atoms. The maximum atomic E-state index is 12.8. The first-order chi connectivity index (χ1) is 11.2. The minimum atomic E-state index is 0.0628. The molecule has 3 rings (SSSR count). The summed E-state index contributed by atoms with van der Waals surface area (Å²) in [5.41, 5.74) is 0.981. The molecule has 5 heteroatoms. The molecule has 0 aliphatic heterocycles. The summed E-state index contributed by atoms with van der Waals surface area (Å²) in [6.07, 6.45) is 3.40. The number of rotatable bonds is 6. The summed E-state index contributed by atoms with van der Waals surface area (Å²) in [5.74, 6) is 0. The molecule has 0 saturated carbocycles. The van der Waals surface area contributed by atoms with Crippen LogP contribution in [0.15, 0.2) is 41.5 Å². The zero-order chi connectivity index (χ0) is 16.2. The van der Waals surface area contributed by atoms with Gasteiger partial charge in [0.15, 0.2) is 5.43 Å². The van der Waals surface area contributed by atoms with E-state index in [1.54, 1.807) is 23.7 Å². The number of hydrogen-bond acceptors (Lipinski definition) is 5. The average molecular weight is 327 g/mol. The zero-order valence-electron chi connectivity index (χ0n) is 13.5. The number of nitrogens with zero attached hydrogens (tertiary/aromatic N) is 2. The van der Waals surface area contributed by atoms with Gasteiger partial charge in [-0.25, -0.2) is 0 Å². The minimum absolute atomic E-state index is 0.0628. The van der Waals surface area contributed by atoms with Crippen LogP contribution < -0.4 is 10.7 Å². The maximum absolute atomic E-state index is 12.8. The fourth-order valence-corrected chi connectivity index (χ4v) is 3.85. The molecule has 0 atom stereocenters. The highest BCUT2D eigenvalue weighted by Crippen LogP contribution is 2.28. The normalized spacial score (nSPS) is 11.4. The lowest BCUT2D eigenvalue weighted by Gasteiger charge is -2.18. The van der Waals surface area contributed by atoms with E-state index in [0.29, 0.717) is 5.39 Å². The first-order valence-corrected chi connectivity index (χ1v) is 8.82. The lowest BCUT2D eigenvalue weighted by atomic mass is 10.1. The van der Waals surface area contributed by atoms with Gasteiger partial charge < -0.3 is 10.2 Å². The summed E-state index contributed by atoms with van der Waals surface area (Å²) in [6, 6.07) is 7.91.